The van der Waals surface area contributed by atoms with Crippen molar-refractivity contribution in [2.24, 2.45) is 0 Å². The van der Waals surface area contributed by atoms with Crippen molar-refractivity contribution < 1.29 is 9.53 Å². The maximum absolute atomic E-state index is 11.5. The van der Waals surface area contributed by atoms with Crippen LogP contribution in [0, 0.1) is 0 Å². The van der Waals surface area contributed by atoms with Crippen LogP contribution in [0.4, 0.5) is 0 Å². The number of hydrogen-bond donors (Lipinski definition) is 1. The fraction of sp³-hybridized carbons (Fsp3) is 0.118. The molecule has 0 saturated heterocycles. The van der Waals surface area contributed by atoms with Crippen molar-refractivity contribution in [3.05, 3.63) is 67.7 Å². The molecule has 0 aliphatic carbocycles. The van der Waals surface area contributed by atoms with Gasteiger partial charge in [-0.25, -0.2) is 4.79 Å². The van der Waals surface area contributed by atoms with Gasteiger partial charge in [0.15, 0.2) is 0 Å². The lowest BCUT2D eigenvalue weighted by Crippen LogP contribution is -2.04. The minimum Gasteiger partial charge on any atom is -0.461 e. The summed E-state index contributed by atoms with van der Waals surface area (Å²) < 4.78 is 5.77. The molecule has 1 heterocycles. The molecule has 0 aliphatic heterocycles. The Morgan fingerprint density at radius 1 is 1.08 bits per heavy atom. The third-order valence-corrected chi connectivity index (χ3v) is 4.76. The van der Waals surface area contributed by atoms with Crippen LogP contribution in [0.3, 0.4) is 0 Å². The molecule has 0 radical (unpaired) electrons. The van der Waals surface area contributed by atoms with Gasteiger partial charge in [0.25, 0.3) is 0 Å². The summed E-state index contributed by atoms with van der Waals surface area (Å²) in [7, 11) is 0. The van der Waals surface area contributed by atoms with Gasteiger partial charge in [-0.05, 0) is 53.2 Å². The van der Waals surface area contributed by atoms with Crippen LogP contribution in [0.25, 0.3) is 10.9 Å². The van der Waals surface area contributed by atoms with Crippen LogP contribution in [0.5, 0.6) is 0 Å². The van der Waals surface area contributed by atoms with Crippen LogP contribution in [-0.2, 0) is 4.74 Å². The molecular formula is C17H13BrCl3NO2. The molecule has 0 amide bonds. The van der Waals surface area contributed by atoms with E-state index in [0.717, 1.165) is 15.4 Å². The van der Waals surface area contributed by atoms with Gasteiger partial charge in [0.05, 0.1) is 27.2 Å². The number of esters is 1. The van der Waals surface area contributed by atoms with Crippen LogP contribution in [-0.4, -0.2) is 17.6 Å². The highest BCUT2D eigenvalue weighted by atomic mass is 79.9. The minimum atomic E-state index is -0.373. The number of H-pyrrole nitrogens is 1. The Labute approximate surface area is 163 Å². The molecule has 7 heteroatoms. The first-order valence-corrected chi connectivity index (χ1v) is 8.90. The number of carbonyl (C=O) groups is 1. The van der Waals surface area contributed by atoms with Gasteiger partial charge in [-0.15, -0.1) is 0 Å². The van der Waals surface area contributed by atoms with Gasteiger partial charge in [0, 0.05) is 9.86 Å². The predicted octanol–water partition coefficient (Wildman–Crippen LogP) is 6.75. The van der Waals surface area contributed by atoms with Crippen LogP contribution >= 0.6 is 50.7 Å². The van der Waals surface area contributed by atoms with Crippen molar-refractivity contribution in [2.75, 3.05) is 6.61 Å². The highest BCUT2D eigenvalue weighted by molar-refractivity contribution is 9.10. The van der Waals surface area contributed by atoms with Crippen LogP contribution in [0.1, 0.15) is 17.4 Å². The number of carbonyl (C=O) groups excluding carboxylic acids is 1. The molecule has 0 spiro atoms. The molecule has 3 rings (SSSR count). The van der Waals surface area contributed by atoms with Crippen LogP contribution < -0.4 is 0 Å². The SMILES string of the molecule is CCOC(=O)c1cc2c(Cl)ccc(Br)c2[nH]1.Clc1ccccc1Cl. The van der Waals surface area contributed by atoms with Crippen molar-refractivity contribution in [2.45, 2.75) is 6.92 Å². The van der Waals surface area contributed by atoms with E-state index in [2.05, 4.69) is 20.9 Å². The smallest absolute Gasteiger partial charge is 0.354 e. The van der Waals surface area contributed by atoms with Crippen molar-refractivity contribution in [1.29, 1.82) is 0 Å². The first kappa shape index (κ1) is 19.1. The molecule has 0 bridgehead atoms. The van der Waals surface area contributed by atoms with Gasteiger partial charge < -0.3 is 9.72 Å². The van der Waals surface area contributed by atoms with Gasteiger partial charge in [-0.3, -0.25) is 0 Å². The summed E-state index contributed by atoms with van der Waals surface area (Å²) in [6.07, 6.45) is 0. The van der Waals surface area contributed by atoms with E-state index in [1.54, 1.807) is 31.2 Å². The fourth-order valence-electron chi connectivity index (χ4n) is 1.91. The highest BCUT2D eigenvalue weighted by Crippen LogP contribution is 2.30. The molecule has 3 nitrogen and oxygen atoms in total. The molecule has 2 aromatic carbocycles. The molecule has 1 aromatic heterocycles. The number of aromatic amines is 1. The molecular weight excluding hydrogens is 436 g/mol. The Morgan fingerprint density at radius 2 is 1.71 bits per heavy atom. The van der Waals surface area contributed by atoms with E-state index in [4.69, 9.17) is 39.5 Å². The van der Waals surface area contributed by atoms with Gasteiger partial charge in [-0.1, -0.05) is 46.9 Å². The summed E-state index contributed by atoms with van der Waals surface area (Å²) in [5.41, 5.74) is 1.21. The number of aromatic nitrogens is 1. The van der Waals surface area contributed by atoms with Gasteiger partial charge in [0.1, 0.15) is 5.69 Å². The highest BCUT2D eigenvalue weighted by Gasteiger charge is 2.13. The molecule has 24 heavy (non-hydrogen) atoms. The van der Waals surface area contributed by atoms with Crippen molar-refractivity contribution in [1.82, 2.24) is 4.98 Å². The van der Waals surface area contributed by atoms with Crippen molar-refractivity contribution in [3.63, 3.8) is 0 Å². The lowest BCUT2D eigenvalue weighted by Gasteiger charge is -1.97. The molecule has 0 fully saturated rings. The van der Waals surface area contributed by atoms with E-state index in [-0.39, 0.29) is 5.97 Å². The maximum Gasteiger partial charge on any atom is 0.354 e. The standard InChI is InChI=1S/C11H9BrClNO2.C6H4Cl2/c1-2-16-11(15)9-5-6-8(13)4-3-7(12)10(6)14-9;7-5-3-1-2-4-6(5)8/h3-5,14H,2H2,1H3;1-4H. The maximum atomic E-state index is 11.5. The minimum absolute atomic E-state index is 0.350. The number of ether oxygens (including phenoxy) is 1. The van der Waals surface area contributed by atoms with E-state index in [1.165, 1.54) is 0 Å². The zero-order valence-electron chi connectivity index (χ0n) is 12.6. The first-order chi connectivity index (χ1) is 11.4. The Bertz CT molecular complexity index is 804. The normalized spacial score (nSPS) is 10.2. The summed E-state index contributed by atoms with van der Waals surface area (Å²) >= 11 is 20.6. The molecule has 3 aromatic rings. The fourth-order valence-corrected chi connectivity index (χ4v) is 2.84. The largest absolute Gasteiger partial charge is 0.461 e. The monoisotopic (exact) mass is 447 g/mol. The van der Waals surface area contributed by atoms with Gasteiger partial charge in [0.2, 0.25) is 0 Å². The second kappa shape index (κ2) is 8.77. The lowest BCUT2D eigenvalue weighted by molar-refractivity contribution is 0.0520. The van der Waals surface area contributed by atoms with Crippen LogP contribution in [0.15, 0.2) is 46.9 Å². The third kappa shape index (κ3) is 4.67. The molecule has 0 aliphatic rings. The number of halogens is 4. The number of rotatable bonds is 2. The Balaban J connectivity index is 0.000000219. The van der Waals surface area contributed by atoms with E-state index in [9.17, 15) is 4.79 Å². The number of nitrogens with one attached hydrogen (secondary N) is 1. The van der Waals surface area contributed by atoms with Gasteiger partial charge in [-0.2, -0.15) is 0 Å². The third-order valence-electron chi connectivity index (χ3n) is 3.01. The summed E-state index contributed by atoms with van der Waals surface area (Å²) in [4.78, 5) is 14.5. The topological polar surface area (TPSA) is 42.1 Å². The average molecular weight is 450 g/mol. The summed E-state index contributed by atoms with van der Waals surface area (Å²) in [5.74, 6) is -0.373. The molecule has 1 N–H and O–H groups in total. The second-order valence-corrected chi connectivity index (χ2v) is 6.71. The zero-order valence-corrected chi connectivity index (χ0v) is 16.4. The van der Waals surface area contributed by atoms with Crippen LogP contribution in [0.2, 0.25) is 15.1 Å². The van der Waals surface area contributed by atoms with E-state index < -0.39 is 0 Å². The first-order valence-electron chi connectivity index (χ1n) is 6.98. The average Bonchev–Trinajstić information content (AvgIpc) is 3.02. The molecule has 0 saturated carbocycles. The quantitative estimate of drug-likeness (QED) is 0.440. The summed E-state index contributed by atoms with van der Waals surface area (Å²) in [5, 5.41) is 2.62. The molecule has 126 valence electrons. The van der Waals surface area contributed by atoms with E-state index in [1.807, 2.05) is 18.2 Å². The predicted molar refractivity (Wildman–Crippen MR) is 103 cm³/mol. The Kier molecular flexibility index (Phi) is 6.99. The number of benzene rings is 2. The summed E-state index contributed by atoms with van der Waals surface area (Å²) in [6.45, 7) is 2.12. The molecule has 0 unspecified atom stereocenters. The van der Waals surface area contributed by atoms with Crippen molar-refractivity contribution in [3.8, 4) is 0 Å². The lowest BCUT2D eigenvalue weighted by atomic mass is 10.2. The number of hydrogen-bond acceptors (Lipinski definition) is 2. The van der Waals surface area contributed by atoms with E-state index in [0.29, 0.717) is 27.4 Å². The summed E-state index contributed by atoms with van der Waals surface area (Å²) in [6, 6.07) is 12.5. The molecule has 0 atom stereocenters. The van der Waals surface area contributed by atoms with Crippen molar-refractivity contribution >= 4 is 67.6 Å². The zero-order chi connectivity index (χ0) is 17.7. The van der Waals surface area contributed by atoms with Gasteiger partial charge >= 0.3 is 5.97 Å². The Morgan fingerprint density at radius 3 is 2.21 bits per heavy atom. The Hall–Kier alpha value is -1.20. The second-order valence-electron chi connectivity index (χ2n) is 4.64. The van der Waals surface area contributed by atoms with E-state index >= 15 is 0 Å². The number of fused-ring (bicyclic) bond motifs is 1.